The zero-order valence-corrected chi connectivity index (χ0v) is 20.7. The Kier molecular flexibility index (Phi) is 6.66. The topological polar surface area (TPSA) is 96.0 Å². The van der Waals surface area contributed by atoms with Crippen LogP contribution in [-0.2, 0) is 33.4 Å². The predicted octanol–water partition coefficient (Wildman–Crippen LogP) is 3.95. The SMILES string of the molecule is C=C1[C@@H](OC(C)=O)CC[C@@]2(C)C[C@H](OC(C)=O)C3C(C)=CC(=O)[C@@H]([C@@H](OC(C)=O)[C@H]12)C3(C)C. The van der Waals surface area contributed by atoms with E-state index in [0.717, 1.165) is 5.57 Å². The molecule has 0 saturated heterocycles. The highest BCUT2D eigenvalue weighted by atomic mass is 16.6. The van der Waals surface area contributed by atoms with E-state index in [4.69, 9.17) is 14.2 Å². The third-order valence-electron chi connectivity index (χ3n) is 7.94. The first-order valence-electron chi connectivity index (χ1n) is 11.6. The van der Waals surface area contributed by atoms with Crippen LogP contribution in [0, 0.1) is 28.6 Å². The summed E-state index contributed by atoms with van der Waals surface area (Å²) >= 11 is 0. The van der Waals surface area contributed by atoms with Crippen LogP contribution in [0.2, 0.25) is 0 Å². The molecule has 182 valence electrons. The average Bonchev–Trinajstić information content (AvgIpc) is 2.61. The first-order chi connectivity index (χ1) is 15.2. The predicted molar refractivity (Wildman–Crippen MR) is 121 cm³/mol. The van der Waals surface area contributed by atoms with Gasteiger partial charge in [0.25, 0.3) is 0 Å². The lowest BCUT2D eigenvalue weighted by Gasteiger charge is -2.58. The van der Waals surface area contributed by atoms with Gasteiger partial charge in [-0.3, -0.25) is 19.2 Å². The van der Waals surface area contributed by atoms with E-state index in [1.54, 1.807) is 6.08 Å². The molecule has 3 aliphatic carbocycles. The van der Waals surface area contributed by atoms with E-state index in [2.05, 4.69) is 13.5 Å². The van der Waals surface area contributed by atoms with Crippen molar-refractivity contribution in [1.82, 2.24) is 0 Å². The second-order valence-corrected chi connectivity index (χ2v) is 10.8. The molecule has 33 heavy (non-hydrogen) atoms. The molecule has 2 saturated carbocycles. The summed E-state index contributed by atoms with van der Waals surface area (Å²) < 4.78 is 17.4. The Balaban J connectivity index is 2.23. The van der Waals surface area contributed by atoms with Gasteiger partial charge in [-0.2, -0.15) is 0 Å². The number of ether oxygens (including phenoxy) is 3. The number of rotatable bonds is 3. The zero-order chi connectivity index (χ0) is 24.9. The maximum absolute atomic E-state index is 13.5. The molecule has 0 aliphatic heterocycles. The third-order valence-corrected chi connectivity index (χ3v) is 7.94. The molecule has 3 aliphatic rings. The van der Waals surface area contributed by atoms with Gasteiger partial charge in [0.15, 0.2) is 5.78 Å². The number of carbonyl (C=O) groups excluding carboxylic acids is 4. The molecule has 1 unspecified atom stereocenters. The normalized spacial score (nSPS) is 37.6. The first-order valence-corrected chi connectivity index (χ1v) is 11.6. The van der Waals surface area contributed by atoms with Gasteiger partial charge >= 0.3 is 17.9 Å². The molecule has 0 amide bonds. The smallest absolute Gasteiger partial charge is 0.303 e. The maximum Gasteiger partial charge on any atom is 0.303 e. The molecule has 0 radical (unpaired) electrons. The standard InChI is InChI=1S/C26H36O7/c1-13-11-18(30)23-24(33-17(5)29)22-14(2)19(31-15(3)27)9-10-26(22,8)12-20(32-16(4)28)21(13)25(23,6)7/h11,19-24H,2,9-10,12H2,1,3-8H3/t19-,20-,21?,22-,23-,24-,26-/m0/s1. The Morgan fingerprint density at radius 2 is 1.52 bits per heavy atom. The van der Waals surface area contributed by atoms with Crippen LogP contribution in [0.3, 0.4) is 0 Å². The van der Waals surface area contributed by atoms with Gasteiger partial charge in [-0.25, -0.2) is 0 Å². The fourth-order valence-electron chi connectivity index (χ4n) is 6.95. The summed E-state index contributed by atoms with van der Waals surface area (Å²) in [5.74, 6) is -2.70. The van der Waals surface area contributed by atoms with Gasteiger partial charge in [-0.1, -0.05) is 32.9 Å². The molecule has 7 heteroatoms. The van der Waals surface area contributed by atoms with E-state index in [9.17, 15) is 19.2 Å². The first kappa shape index (κ1) is 25.2. The summed E-state index contributed by atoms with van der Waals surface area (Å²) in [5.41, 5.74) is 0.356. The van der Waals surface area contributed by atoms with E-state index in [1.807, 2.05) is 20.8 Å². The van der Waals surface area contributed by atoms with Crippen LogP contribution in [0.5, 0.6) is 0 Å². The highest BCUT2D eigenvalue weighted by Gasteiger charge is 2.61. The van der Waals surface area contributed by atoms with E-state index >= 15 is 0 Å². The van der Waals surface area contributed by atoms with Crippen molar-refractivity contribution in [2.75, 3.05) is 0 Å². The van der Waals surface area contributed by atoms with E-state index in [0.29, 0.717) is 24.8 Å². The van der Waals surface area contributed by atoms with Crippen molar-refractivity contribution in [3.8, 4) is 0 Å². The summed E-state index contributed by atoms with van der Waals surface area (Å²) in [6.07, 6.45) is 1.57. The molecule has 3 rings (SSSR count). The Morgan fingerprint density at radius 3 is 2.06 bits per heavy atom. The van der Waals surface area contributed by atoms with Crippen molar-refractivity contribution in [3.05, 3.63) is 23.8 Å². The number of fused-ring (bicyclic) bond motifs is 3. The highest BCUT2D eigenvalue weighted by molar-refractivity contribution is 5.95. The van der Waals surface area contributed by atoms with Gasteiger partial charge in [0, 0.05) is 32.6 Å². The minimum atomic E-state index is -0.772. The molecule has 0 aromatic carbocycles. The highest BCUT2D eigenvalue weighted by Crippen LogP contribution is 2.59. The second-order valence-electron chi connectivity index (χ2n) is 10.8. The van der Waals surface area contributed by atoms with Crippen molar-refractivity contribution < 1.29 is 33.4 Å². The van der Waals surface area contributed by atoms with Crippen LogP contribution in [0.4, 0.5) is 0 Å². The fraction of sp³-hybridized carbons (Fsp3) is 0.692. The molecular weight excluding hydrogens is 424 g/mol. The largest absolute Gasteiger partial charge is 0.462 e. The van der Waals surface area contributed by atoms with Gasteiger partial charge in [-0.15, -0.1) is 0 Å². The van der Waals surface area contributed by atoms with Crippen molar-refractivity contribution in [1.29, 1.82) is 0 Å². The molecule has 2 bridgehead atoms. The average molecular weight is 461 g/mol. The van der Waals surface area contributed by atoms with Crippen molar-refractivity contribution in [2.45, 2.75) is 86.0 Å². The summed E-state index contributed by atoms with van der Waals surface area (Å²) in [5, 5.41) is 0. The molecule has 0 aromatic heterocycles. The number of ketones is 1. The molecule has 2 fully saturated rings. The van der Waals surface area contributed by atoms with E-state index < -0.39 is 52.9 Å². The van der Waals surface area contributed by atoms with Crippen molar-refractivity contribution >= 4 is 23.7 Å². The summed E-state index contributed by atoms with van der Waals surface area (Å²) in [6, 6.07) is 0. The Labute approximate surface area is 195 Å². The molecule has 0 aromatic rings. The number of hydrogen-bond acceptors (Lipinski definition) is 7. The zero-order valence-electron chi connectivity index (χ0n) is 20.7. The van der Waals surface area contributed by atoms with Crippen LogP contribution in [0.1, 0.15) is 67.7 Å². The molecule has 7 atom stereocenters. The summed E-state index contributed by atoms with van der Waals surface area (Å²) in [4.78, 5) is 49.6. The van der Waals surface area contributed by atoms with Crippen LogP contribution in [-0.4, -0.2) is 42.0 Å². The number of hydrogen-bond donors (Lipinski definition) is 0. The lowest BCUT2D eigenvalue weighted by atomic mass is 9.48. The minimum Gasteiger partial charge on any atom is -0.462 e. The minimum absolute atomic E-state index is 0.117. The number of esters is 3. The van der Waals surface area contributed by atoms with Crippen molar-refractivity contribution in [3.63, 3.8) is 0 Å². The van der Waals surface area contributed by atoms with Crippen molar-refractivity contribution in [2.24, 2.45) is 28.6 Å². The number of carbonyl (C=O) groups is 4. The fourth-order valence-corrected chi connectivity index (χ4v) is 6.95. The Hall–Kier alpha value is -2.44. The third kappa shape index (κ3) is 4.51. The van der Waals surface area contributed by atoms with Gasteiger partial charge in [0.2, 0.25) is 0 Å². The lowest BCUT2D eigenvalue weighted by Crippen LogP contribution is -2.61. The monoisotopic (exact) mass is 460 g/mol. The molecule has 7 nitrogen and oxygen atoms in total. The molecule has 0 spiro atoms. The van der Waals surface area contributed by atoms with E-state index in [-0.39, 0.29) is 17.7 Å². The summed E-state index contributed by atoms with van der Waals surface area (Å²) in [7, 11) is 0. The number of allylic oxidation sites excluding steroid dienone is 1. The molecule has 0 N–H and O–H groups in total. The van der Waals surface area contributed by atoms with Crippen LogP contribution < -0.4 is 0 Å². The summed E-state index contributed by atoms with van der Waals surface area (Å²) in [6.45, 7) is 16.3. The van der Waals surface area contributed by atoms with Gasteiger partial charge in [-0.05, 0) is 48.7 Å². The maximum atomic E-state index is 13.5. The van der Waals surface area contributed by atoms with Crippen LogP contribution >= 0.6 is 0 Å². The van der Waals surface area contributed by atoms with Gasteiger partial charge in [0.05, 0.1) is 5.92 Å². The Bertz CT molecular complexity index is 914. The lowest BCUT2D eigenvalue weighted by molar-refractivity contribution is -0.184. The molecular formula is C26H36O7. The van der Waals surface area contributed by atoms with E-state index in [1.165, 1.54) is 20.8 Å². The second kappa shape index (κ2) is 8.73. The molecule has 0 heterocycles. The van der Waals surface area contributed by atoms with Gasteiger partial charge in [0.1, 0.15) is 18.3 Å². The van der Waals surface area contributed by atoms with Gasteiger partial charge < -0.3 is 14.2 Å². The van der Waals surface area contributed by atoms with Crippen LogP contribution in [0.15, 0.2) is 23.8 Å². The quantitative estimate of drug-likeness (QED) is 0.357. The Morgan fingerprint density at radius 1 is 0.939 bits per heavy atom. The van der Waals surface area contributed by atoms with Crippen LogP contribution in [0.25, 0.3) is 0 Å².